The predicted molar refractivity (Wildman–Crippen MR) is 76.9 cm³/mol. The van der Waals surface area contributed by atoms with Gasteiger partial charge in [-0.2, -0.15) is 5.26 Å². The molecule has 6 nitrogen and oxygen atoms in total. The number of fused-ring (bicyclic) bond motifs is 1. The van der Waals surface area contributed by atoms with Crippen LogP contribution in [-0.4, -0.2) is 28.1 Å². The smallest absolute Gasteiger partial charge is 0.221 e. The van der Waals surface area contributed by atoms with Crippen molar-refractivity contribution in [1.82, 2.24) is 15.0 Å². The molecule has 2 aromatic rings. The zero-order valence-electron chi connectivity index (χ0n) is 11.8. The summed E-state index contributed by atoms with van der Waals surface area (Å²) in [6, 6.07) is 5.74. The molecule has 0 radical (unpaired) electrons. The maximum atomic E-state index is 9.22. The molecule has 3 heterocycles. The highest BCUT2D eigenvalue weighted by molar-refractivity contribution is 5.55. The van der Waals surface area contributed by atoms with Gasteiger partial charge in [0.2, 0.25) is 5.88 Å². The van der Waals surface area contributed by atoms with Gasteiger partial charge in [0.15, 0.2) is 0 Å². The Morgan fingerprint density at radius 3 is 3.10 bits per heavy atom. The van der Waals surface area contributed by atoms with Crippen molar-refractivity contribution in [1.29, 1.82) is 5.26 Å². The van der Waals surface area contributed by atoms with E-state index in [1.807, 2.05) is 6.92 Å². The molecule has 0 amide bonds. The lowest BCUT2D eigenvalue weighted by Crippen LogP contribution is -2.32. The van der Waals surface area contributed by atoms with Gasteiger partial charge in [0.1, 0.15) is 18.2 Å². The van der Waals surface area contributed by atoms with Crippen molar-refractivity contribution in [2.45, 2.75) is 19.9 Å². The summed E-state index contributed by atoms with van der Waals surface area (Å²) in [7, 11) is 0. The average molecular weight is 281 g/mol. The minimum absolute atomic E-state index is 0.566. The number of hydrogen-bond acceptors (Lipinski definition) is 6. The number of ether oxygens (including phenoxy) is 1. The molecule has 106 valence electrons. The molecule has 0 N–H and O–H groups in total. The normalized spacial score (nSPS) is 13.4. The lowest BCUT2D eigenvalue weighted by molar-refractivity contribution is 0.320. The van der Waals surface area contributed by atoms with E-state index in [1.54, 1.807) is 24.7 Å². The summed E-state index contributed by atoms with van der Waals surface area (Å²) < 4.78 is 5.58. The Balaban J connectivity index is 1.95. The van der Waals surface area contributed by atoms with E-state index in [-0.39, 0.29) is 0 Å². The summed E-state index contributed by atoms with van der Waals surface area (Å²) in [6.07, 6.45) is 4.04. The highest BCUT2D eigenvalue weighted by Crippen LogP contribution is 2.28. The summed E-state index contributed by atoms with van der Waals surface area (Å²) in [4.78, 5) is 15.0. The molecule has 6 heteroatoms. The van der Waals surface area contributed by atoms with E-state index in [4.69, 9.17) is 4.74 Å². The Morgan fingerprint density at radius 2 is 2.29 bits per heavy atom. The minimum Gasteiger partial charge on any atom is -0.478 e. The van der Waals surface area contributed by atoms with Crippen molar-refractivity contribution >= 4 is 5.82 Å². The maximum absolute atomic E-state index is 9.22. The van der Waals surface area contributed by atoms with Crippen LogP contribution in [0.5, 0.6) is 5.88 Å². The van der Waals surface area contributed by atoms with Crippen LogP contribution in [-0.2, 0) is 13.0 Å². The van der Waals surface area contributed by atoms with Crippen LogP contribution >= 0.6 is 0 Å². The molecule has 0 spiro atoms. The SMILES string of the molecule is CCOc1ncnc2c1CN(c1ncccc1C#N)CC2. The molecule has 0 unspecified atom stereocenters. The van der Waals surface area contributed by atoms with Gasteiger partial charge >= 0.3 is 0 Å². The molecule has 0 fully saturated rings. The van der Waals surface area contributed by atoms with Crippen molar-refractivity contribution in [3.63, 3.8) is 0 Å². The first kappa shape index (κ1) is 13.3. The van der Waals surface area contributed by atoms with Gasteiger partial charge in [0.05, 0.1) is 30.0 Å². The largest absolute Gasteiger partial charge is 0.478 e. The molecule has 0 aliphatic carbocycles. The molecule has 3 rings (SSSR count). The zero-order valence-corrected chi connectivity index (χ0v) is 11.8. The second-order valence-electron chi connectivity index (χ2n) is 4.70. The molecular formula is C15H15N5O. The summed E-state index contributed by atoms with van der Waals surface area (Å²) in [5.74, 6) is 1.33. The Hall–Kier alpha value is -2.68. The third-order valence-corrected chi connectivity index (χ3v) is 3.45. The number of pyridine rings is 1. The third-order valence-electron chi connectivity index (χ3n) is 3.45. The quantitative estimate of drug-likeness (QED) is 0.852. The van der Waals surface area contributed by atoms with Crippen LogP contribution in [0, 0.1) is 11.3 Å². The molecule has 0 atom stereocenters. The molecule has 0 saturated carbocycles. The van der Waals surface area contributed by atoms with Crippen molar-refractivity contribution in [2.75, 3.05) is 18.1 Å². The second kappa shape index (κ2) is 5.75. The number of nitriles is 1. The topological polar surface area (TPSA) is 74.9 Å². The van der Waals surface area contributed by atoms with E-state index in [1.165, 1.54) is 0 Å². The summed E-state index contributed by atoms with van der Waals surface area (Å²) >= 11 is 0. The van der Waals surface area contributed by atoms with Crippen LogP contribution in [0.15, 0.2) is 24.7 Å². The third kappa shape index (κ3) is 2.50. The Labute approximate surface area is 123 Å². The van der Waals surface area contributed by atoms with Gasteiger partial charge in [-0.15, -0.1) is 0 Å². The molecular weight excluding hydrogens is 266 g/mol. The van der Waals surface area contributed by atoms with Gasteiger partial charge in [-0.25, -0.2) is 15.0 Å². The van der Waals surface area contributed by atoms with Crippen LogP contribution in [0.1, 0.15) is 23.7 Å². The lowest BCUT2D eigenvalue weighted by atomic mass is 10.1. The number of anilines is 1. The fourth-order valence-corrected chi connectivity index (χ4v) is 2.49. The van der Waals surface area contributed by atoms with Crippen LogP contribution in [0.4, 0.5) is 5.82 Å². The van der Waals surface area contributed by atoms with Gasteiger partial charge in [0, 0.05) is 19.2 Å². The summed E-state index contributed by atoms with van der Waals surface area (Å²) in [5.41, 5.74) is 2.58. The van der Waals surface area contributed by atoms with Crippen molar-refractivity contribution in [3.05, 3.63) is 41.5 Å². The van der Waals surface area contributed by atoms with Gasteiger partial charge in [-0.05, 0) is 19.1 Å². The van der Waals surface area contributed by atoms with Gasteiger partial charge in [0.25, 0.3) is 0 Å². The van der Waals surface area contributed by atoms with E-state index in [0.717, 1.165) is 24.2 Å². The highest BCUT2D eigenvalue weighted by Gasteiger charge is 2.24. The van der Waals surface area contributed by atoms with E-state index >= 15 is 0 Å². The monoisotopic (exact) mass is 281 g/mol. The first-order valence-corrected chi connectivity index (χ1v) is 6.89. The predicted octanol–water partition coefficient (Wildman–Crippen LogP) is 1.70. The minimum atomic E-state index is 0.566. The average Bonchev–Trinajstić information content (AvgIpc) is 2.55. The fraction of sp³-hybridized carbons (Fsp3) is 0.333. The summed E-state index contributed by atoms with van der Waals surface area (Å²) in [5, 5.41) is 9.22. The van der Waals surface area contributed by atoms with Crippen molar-refractivity contribution in [3.8, 4) is 11.9 Å². The van der Waals surface area contributed by atoms with Gasteiger partial charge < -0.3 is 9.64 Å². The number of rotatable bonds is 3. The highest BCUT2D eigenvalue weighted by atomic mass is 16.5. The fourth-order valence-electron chi connectivity index (χ4n) is 2.49. The van der Waals surface area contributed by atoms with Crippen LogP contribution in [0.25, 0.3) is 0 Å². The molecule has 21 heavy (non-hydrogen) atoms. The van der Waals surface area contributed by atoms with Crippen LogP contribution < -0.4 is 9.64 Å². The second-order valence-corrected chi connectivity index (χ2v) is 4.70. The summed E-state index contributed by atoms with van der Waals surface area (Å²) in [6.45, 7) is 3.89. The molecule has 0 saturated heterocycles. The first-order valence-electron chi connectivity index (χ1n) is 6.89. The molecule has 2 aromatic heterocycles. The molecule has 0 bridgehead atoms. The van der Waals surface area contributed by atoms with Crippen molar-refractivity contribution < 1.29 is 4.74 Å². The first-order chi connectivity index (χ1) is 10.3. The number of nitrogens with zero attached hydrogens (tertiary/aromatic N) is 5. The van der Waals surface area contributed by atoms with E-state index in [9.17, 15) is 5.26 Å². The Morgan fingerprint density at radius 1 is 1.38 bits per heavy atom. The van der Waals surface area contributed by atoms with Crippen molar-refractivity contribution in [2.24, 2.45) is 0 Å². The molecule has 0 aromatic carbocycles. The van der Waals surface area contributed by atoms with E-state index in [2.05, 4.69) is 25.9 Å². The number of hydrogen-bond donors (Lipinski definition) is 0. The van der Waals surface area contributed by atoms with Gasteiger partial charge in [-0.1, -0.05) is 0 Å². The molecule has 1 aliphatic heterocycles. The Bertz CT molecular complexity index is 695. The number of aromatic nitrogens is 3. The van der Waals surface area contributed by atoms with Crippen LogP contribution in [0.2, 0.25) is 0 Å². The van der Waals surface area contributed by atoms with Crippen LogP contribution in [0.3, 0.4) is 0 Å². The maximum Gasteiger partial charge on any atom is 0.221 e. The Kier molecular flexibility index (Phi) is 3.65. The lowest BCUT2D eigenvalue weighted by Gasteiger charge is -2.30. The zero-order chi connectivity index (χ0) is 14.7. The molecule has 1 aliphatic rings. The van der Waals surface area contributed by atoms with E-state index in [0.29, 0.717) is 30.4 Å². The van der Waals surface area contributed by atoms with E-state index < -0.39 is 0 Å². The standard InChI is InChI=1S/C15H15N5O/c1-2-21-15-12-9-20(7-5-13(12)18-10-19-15)14-11(8-16)4-3-6-17-14/h3-4,6,10H,2,5,7,9H2,1H3. The van der Waals surface area contributed by atoms with Gasteiger partial charge in [-0.3, -0.25) is 0 Å².